The van der Waals surface area contributed by atoms with Gasteiger partial charge in [0.2, 0.25) is 0 Å². The van der Waals surface area contributed by atoms with Crippen LogP contribution in [0.2, 0.25) is 0 Å². The Hall–Kier alpha value is -0.880. The van der Waals surface area contributed by atoms with Gasteiger partial charge in [-0.1, -0.05) is 6.92 Å². The first kappa shape index (κ1) is 10.2. The van der Waals surface area contributed by atoms with E-state index in [9.17, 15) is 4.79 Å². The SMILES string of the molecule is CCC(=O)C1(C#N)CCN(C)CC1. The Morgan fingerprint density at radius 3 is 2.46 bits per heavy atom. The summed E-state index contributed by atoms with van der Waals surface area (Å²) in [4.78, 5) is 13.8. The van der Waals surface area contributed by atoms with Crippen LogP contribution in [0.25, 0.3) is 0 Å². The fraction of sp³-hybridized carbons (Fsp3) is 0.800. The molecule has 13 heavy (non-hydrogen) atoms. The minimum atomic E-state index is -0.665. The minimum Gasteiger partial charge on any atom is -0.306 e. The fourth-order valence-electron chi connectivity index (χ4n) is 1.79. The Morgan fingerprint density at radius 2 is 2.08 bits per heavy atom. The monoisotopic (exact) mass is 180 g/mol. The quantitative estimate of drug-likeness (QED) is 0.641. The third-order valence-electron chi connectivity index (χ3n) is 2.91. The lowest BCUT2D eigenvalue weighted by atomic mass is 9.75. The standard InChI is InChI=1S/C10H16N2O/c1-3-9(13)10(8-11)4-6-12(2)7-5-10/h3-7H2,1-2H3. The number of likely N-dealkylation sites (tertiary alicyclic amines) is 1. The van der Waals surface area contributed by atoms with Crippen LogP contribution in [-0.2, 0) is 4.79 Å². The Morgan fingerprint density at radius 1 is 1.54 bits per heavy atom. The van der Waals surface area contributed by atoms with Crippen LogP contribution >= 0.6 is 0 Å². The third-order valence-corrected chi connectivity index (χ3v) is 2.91. The van der Waals surface area contributed by atoms with Crippen molar-refractivity contribution in [2.45, 2.75) is 26.2 Å². The number of nitrogens with zero attached hydrogens (tertiary/aromatic N) is 2. The van der Waals surface area contributed by atoms with Gasteiger partial charge < -0.3 is 4.90 Å². The lowest BCUT2D eigenvalue weighted by Crippen LogP contribution is -2.41. The molecule has 1 fully saturated rings. The molecule has 1 aliphatic heterocycles. The zero-order valence-electron chi connectivity index (χ0n) is 8.34. The number of nitriles is 1. The van der Waals surface area contributed by atoms with Gasteiger partial charge in [0.05, 0.1) is 6.07 Å². The molecular weight excluding hydrogens is 164 g/mol. The van der Waals surface area contributed by atoms with Crippen molar-refractivity contribution in [3.05, 3.63) is 0 Å². The summed E-state index contributed by atoms with van der Waals surface area (Å²) in [6.45, 7) is 3.55. The Balaban J connectivity index is 2.73. The molecular formula is C10H16N2O. The summed E-state index contributed by atoms with van der Waals surface area (Å²) in [6, 6.07) is 2.21. The Labute approximate surface area is 79.3 Å². The summed E-state index contributed by atoms with van der Waals surface area (Å²) in [5.41, 5.74) is -0.665. The number of rotatable bonds is 2. The van der Waals surface area contributed by atoms with Gasteiger partial charge in [-0.05, 0) is 33.0 Å². The number of carbonyl (C=O) groups excluding carboxylic acids is 1. The molecule has 1 aliphatic rings. The molecule has 0 spiro atoms. The molecule has 0 unspecified atom stereocenters. The maximum absolute atomic E-state index is 11.6. The number of hydrogen-bond donors (Lipinski definition) is 0. The maximum atomic E-state index is 11.6. The van der Waals surface area contributed by atoms with E-state index in [1.54, 1.807) is 0 Å². The smallest absolute Gasteiger partial charge is 0.152 e. The van der Waals surface area contributed by atoms with Crippen molar-refractivity contribution in [2.75, 3.05) is 20.1 Å². The molecule has 1 rings (SSSR count). The number of piperidine rings is 1. The van der Waals surface area contributed by atoms with E-state index in [4.69, 9.17) is 5.26 Å². The van der Waals surface area contributed by atoms with Crippen LogP contribution in [0.15, 0.2) is 0 Å². The predicted octanol–water partition coefficient (Wildman–Crippen LogP) is 1.20. The van der Waals surface area contributed by atoms with Gasteiger partial charge in [0.25, 0.3) is 0 Å². The summed E-state index contributed by atoms with van der Waals surface area (Å²) in [5.74, 6) is 0.114. The van der Waals surface area contributed by atoms with Crippen molar-refractivity contribution >= 4 is 5.78 Å². The van der Waals surface area contributed by atoms with Gasteiger partial charge in [0, 0.05) is 6.42 Å². The van der Waals surface area contributed by atoms with Gasteiger partial charge in [0.15, 0.2) is 5.78 Å². The minimum absolute atomic E-state index is 0.114. The predicted molar refractivity (Wildman–Crippen MR) is 50.1 cm³/mol. The van der Waals surface area contributed by atoms with Crippen LogP contribution in [0.3, 0.4) is 0 Å². The lowest BCUT2D eigenvalue weighted by molar-refractivity contribution is -0.127. The largest absolute Gasteiger partial charge is 0.306 e. The molecule has 72 valence electrons. The summed E-state index contributed by atoms with van der Waals surface area (Å²) >= 11 is 0. The molecule has 0 aromatic rings. The van der Waals surface area contributed by atoms with Crippen LogP contribution in [0.1, 0.15) is 26.2 Å². The van der Waals surface area contributed by atoms with E-state index in [0.717, 1.165) is 13.1 Å². The molecule has 0 aromatic carbocycles. The molecule has 0 amide bonds. The topological polar surface area (TPSA) is 44.1 Å². The van der Waals surface area contributed by atoms with Gasteiger partial charge in [0.1, 0.15) is 5.41 Å². The second-order valence-corrected chi connectivity index (χ2v) is 3.77. The van der Waals surface area contributed by atoms with Gasteiger partial charge in [-0.15, -0.1) is 0 Å². The number of hydrogen-bond acceptors (Lipinski definition) is 3. The van der Waals surface area contributed by atoms with Crippen LogP contribution < -0.4 is 0 Å². The zero-order chi connectivity index (χ0) is 9.90. The van der Waals surface area contributed by atoms with Crippen LogP contribution in [0, 0.1) is 16.7 Å². The van der Waals surface area contributed by atoms with E-state index in [1.165, 1.54) is 0 Å². The molecule has 0 radical (unpaired) electrons. The van der Waals surface area contributed by atoms with E-state index in [2.05, 4.69) is 11.0 Å². The number of ketones is 1. The van der Waals surface area contributed by atoms with Crippen molar-refractivity contribution in [1.29, 1.82) is 5.26 Å². The summed E-state index contributed by atoms with van der Waals surface area (Å²) in [7, 11) is 2.03. The van der Waals surface area contributed by atoms with Gasteiger partial charge in [-0.3, -0.25) is 4.79 Å². The highest BCUT2D eigenvalue weighted by Crippen LogP contribution is 2.32. The Kier molecular flexibility index (Phi) is 3.05. The maximum Gasteiger partial charge on any atom is 0.152 e. The molecule has 3 heteroatoms. The molecule has 0 aromatic heterocycles. The number of Topliss-reactive ketones (excluding diaryl/α,β-unsaturated/α-hetero) is 1. The molecule has 0 aliphatic carbocycles. The van der Waals surface area contributed by atoms with Crippen molar-refractivity contribution in [3.63, 3.8) is 0 Å². The van der Waals surface area contributed by atoms with Crippen LogP contribution in [0.5, 0.6) is 0 Å². The second kappa shape index (κ2) is 3.89. The first-order valence-electron chi connectivity index (χ1n) is 4.78. The van der Waals surface area contributed by atoms with E-state index >= 15 is 0 Å². The first-order chi connectivity index (χ1) is 6.14. The summed E-state index contributed by atoms with van der Waals surface area (Å²) < 4.78 is 0. The van der Waals surface area contributed by atoms with Gasteiger partial charge >= 0.3 is 0 Å². The molecule has 3 nitrogen and oxygen atoms in total. The van der Waals surface area contributed by atoms with E-state index in [0.29, 0.717) is 19.3 Å². The lowest BCUT2D eigenvalue weighted by Gasteiger charge is -2.33. The van der Waals surface area contributed by atoms with Crippen LogP contribution in [0.4, 0.5) is 0 Å². The average Bonchev–Trinajstić information content (AvgIpc) is 2.18. The highest BCUT2D eigenvalue weighted by Gasteiger charge is 2.39. The highest BCUT2D eigenvalue weighted by molar-refractivity contribution is 5.87. The first-order valence-corrected chi connectivity index (χ1v) is 4.78. The Bertz CT molecular complexity index is 234. The van der Waals surface area contributed by atoms with Crippen molar-refractivity contribution < 1.29 is 4.79 Å². The van der Waals surface area contributed by atoms with Crippen LogP contribution in [-0.4, -0.2) is 30.8 Å². The van der Waals surface area contributed by atoms with Gasteiger partial charge in [-0.25, -0.2) is 0 Å². The molecule has 0 N–H and O–H groups in total. The van der Waals surface area contributed by atoms with E-state index < -0.39 is 5.41 Å². The van der Waals surface area contributed by atoms with Crippen molar-refractivity contribution in [3.8, 4) is 6.07 Å². The molecule has 0 atom stereocenters. The molecule has 1 saturated heterocycles. The molecule has 0 saturated carbocycles. The molecule has 0 bridgehead atoms. The summed E-state index contributed by atoms with van der Waals surface area (Å²) in [5, 5.41) is 9.04. The van der Waals surface area contributed by atoms with E-state index in [1.807, 2.05) is 14.0 Å². The third kappa shape index (κ3) is 1.89. The average molecular weight is 180 g/mol. The molecule has 1 heterocycles. The second-order valence-electron chi connectivity index (χ2n) is 3.77. The van der Waals surface area contributed by atoms with Crippen molar-refractivity contribution in [2.24, 2.45) is 5.41 Å². The highest BCUT2D eigenvalue weighted by atomic mass is 16.1. The summed E-state index contributed by atoms with van der Waals surface area (Å²) in [6.07, 6.45) is 1.89. The normalized spacial score (nSPS) is 22.2. The van der Waals surface area contributed by atoms with E-state index in [-0.39, 0.29) is 5.78 Å². The number of carbonyl (C=O) groups is 1. The zero-order valence-corrected chi connectivity index (χ0v) is 8.34. The van der Waals surface area contributed by atoms with Crippen molar-refractivity contribution in [1.82, 2.24) is 4.90 Å². The fourth-order valence-corrected chi connectivity index (χ4v) is 1.79. The van der Waals surface area contributed by atoms with Gasteiger partial charge in [-0.2, -0.15) is 5.26 Å².